The van der Waals surface area contributed by atoms with Gasteiger partial charge < -0.3 is 33.7 Å². The van der Waals surface area contributed by atoms with Gasteiger partial charge in [0.15, 0.2) is 12.2 Å². The second kappa shape index (κ2) is 14.0. The lowest BCUT2D eigenvalue weighted by Gasteiger charge is -2.48. The van der Waals surface area contributed by atoms with Crippen molar-refractivity contribution in [3.63, 3.8) is 0 Å². The van der Waals surface area contributed by atoms with Gasteiger partial charge in [0.05, 0.1) is 13.2 Å². The normalized spacial score (nSPS) is 24.9. The molecular weight excluding hydrogens is 502 g/mol. The molecule has 1 aliphatic rings. The van der Waals surface area contributed by atoms with E-state index >= 15 is 0 Å². The molecule has 0 bridgehead atoms. The summed E-state index contributed by atoms with van der Waals surface area (Å²) in [7, 11) is 1.14. The number of hydrogen-bond acceptors (Lipinski definition) is 13. The third kappa shape index (κ3) is 8.97. The van der Waals surface area contributed by atoms with Crippen LogP contribution in [0.5, 0.6) is 0 Å². The Hall–Kier alpha value is -2.87. The first-order chi connectivity index (χ1) is 16.8. The maximum Gasteiger partial charge on any atom is 0.348 e. The Morgan fingerprint density at radius 2 is 1.58 bits per heavy atom. The van der Waals surface area contributed by atoms with Crippen molar-refractivity contribution in [2.45, 2.75) is 83.4 Å². The van der Waals surface area contributed by atoms with Crippen LogP contribution < -0.4 is 5.32 Å². The van der Waals surface area contributed by atoms with Gasteiger partial charge in [0.2, 0.25) is 10.8 Å². The third-order valence-corrected chi connectivity index (χ3v) is 6.06. The molecule has 0 aliphatic carbocycles. The predicted molar refractivity (Wildman–Crippen MR) is 123 cm³/mol. The average molecular weight is 536 g/mol. The summed E-state index contributed by atoms with van der Waals surface area (Å²) in [6.45, 7) is 6.86. The fraction of sp³-hybridized carbons (Fsp3) is 0.727. The number of carbonyl (C=O) groups is 6. The zero-order valence-electron chi connectivity index (χ0n) is 21.3. The average Bonchev–Trinajstić information content (AvgIpc) is 2.75. The van der Waals surface area contributed by atoms with E-state index in [1.807, 2.05) is 0 Å². The fourth-order valence-electron chi connectivity index (χ4n) is 3.78. The molecule has 13 nitrogen and oxygen atoms in total. The smallest absolute Gasteiger partial charge is 0.348 e. The number of esters is 5. The van der Waals surface area contributed by atoms with Gasteiger partial charge in [-0.05, 0) is 5.75 Å². The number of ether oxygens (including phenoxy) is 6. The molecular formula is C22H33NO12S. The summed E-state index contributed by atoms with van der Waals surface area (Å²) < 4.78 is 32.3. The summed E-state index contributed by atoms with van der Waals surface area (Å²) in [6, 6.07) is -1.17. The highest BCUT2D eigenvalue weighted by Crippen LogP contribution is 2.42. The number of amides is 1. The summed E-state index contributed by atoms with van der Waals surface area (Å²) in [5.74, 6) is -4.05. The van der Waals surface area contributed by atoms with Crippen molar-refractivity contribution in [1.29, 1.82) is 0 Å². The molecule has 0 spiro atoms. The lowest BCUT2D eigenvalue weighted by molar-refractivity contribution is -0.224. The summed E-state index contributed by atoms with van der Waals surface area (Å²) in [5, 5.41) is 2.61. The molecule has 1 aliphatic heterocycles. The minimum atomic E-state index is -1.75. The van der Waals surface area contributed by atoms with Crippen molar-refractivity contribution in [3.05, 3.63) is 0 Å². The molecule has 1 amide bonds. The maximum atomic E-state index is 12.9. The molecule has 1 unspecified atom stereocenters. The lowest BCUT2D eigenvalue weighted by atomic mass is 9.89. The molecule has 204 valence electrons. The van der Waals surface area contributed by atoms with Gasteiger partial charge in [-0.2, -0.15) is 0 Å². The van der Waals surface area contributed by atoms with Crippen molar-refractivity contribution >= 4 is 47.5 Å². The first kappa shape index (κ1) is 31.2. The Balaban J connectivity index is 3.76. The largest absolute Gasteiger partial charge is 0.466 e. The van der Waals surface area contributed by atoms with E-state index < -0.39 is 77.8 Å². The van der Waals surface area contributed by atoms with Gasteiger partial charge in [0.25, 0.3) is 0 Å². The molecule has 0 aromatic carbocycles. The van der Waals surface area contributed by atoms with Gasteiger partial charge in [-0.3, -0.25) is 24.0 Å². The van der Waals surface area contributed by atoms with E-state index in [1.54, 1.807) is 6.92 Å². The van der Waals surface area contributed by atoms with Crippen LogP contribution in [-0.4, -0.2) is 90.6 Å². The zero-order chi connectivity index (χ0) is 27.6. The van der Waals surface area contributed by atoms with Crippen LogP contribution >= 0.6 is 11.8 Å². The summed E-state index contributed by atoms with van der Waals surface area (Å²) >= 11 is 1.03. The highest BCUT2D eigenvalue weighted by molar-refractivity contribution is 8.01. The molecule has 6 atom stereocenters. The van der Waals surface area contributed by atoms with Crippen LogP contribution in [0.4, 0.5) is 0 Å². The van der Waals surface area contributed by atoms with E-state index in [4.69, 9.17) is 28.4 Å². The molecule has 0 radical (unpaired) electrons. The Labute approximate surface area is 213 Å². The second-order valence-electron chi connectivity index (χ2n) is 7.86. The van der Waals surface area contributed by atoms with Gasteiger partial charge in [-0.15, -0.1) is 11.8 Å². The number of nitrogens with one attached hydrogen (secondary N) is 1. The Morgan fingerprint density at radius 3 is 2.03 bits per heavy atom. The van der Waals surface area contributed by atoms with E-state index in [9.17, 15) is 28.8 Å². The van der Waals surface area contributed by atoms with Gasteiger partial charge >= 0.3 is 29.8 Å². The van der Waals surface area contributed by atoms with E-state index in [2.05, 4.69) is 5.32 Å². The van der Waals surface area contributed by atoms with Crippen LogP contribution in [0.1, 0.15) is 48.0 Å². The molecule has 0 saturated carbocycles. The quantitative estimate of drug-likeness (QED) is 0.282. The van der Waals surface area contributed by atoms with E-state index in [0.717, 1.165) is 46.6 Å². The molecule has 14 heteroatoms. The Morgan fingerprint density at radius 1 is 0.972 bits per heavy atom. The topological polar surface area (TPSA) is 170 Å². The van der Waals surface area contributed by atoms with Gasteiger partial charge in [-0.1, -0.05) is 6.92 Å². The molecule has 1 rings (SSSR count). The molecule has 36 heavy (non-hydrogen) atoms. The molecule has 1 saturated heterocycles. The minimum Gasteiger partial charge on any atom is -0.466 e. The lowest BCUT2D eigenvalue weighted by Crippen LogP contribution is -2.68. The van der Waals surface area contributed by atoms with Crippen molar-refractivity contribution in [3.8, 4) is 0 Å². The second-order valence-corrected chi connectivity index (χ2v) is 9.39. The predicted octanol–water partition coefficient (Wildman–Crippen LogP) is 0.261. The standard InChI is InChI=1S/C22H33NO12S/c1-8-36-22(21(29)30-7)9-16(32-13(4)26)18(23-11(2)24)20(35-22)19(34-15(6)28)17(33-14(5)27)10-31-12(3)25/h16-20H,8-10H2,1-7H3,(H,23,24)/t16-,17+,18+,19+,20+,22?/m0/s1. The number of hydrogen-bond donors (Lipinski definition) is 1. The van der Waals surface area contributed by atoms with E-state index in [0.29, 0.717) is 5.75 Å². The number of thioether (sulfide) groups is 1. The van der Waals surface area contributed by atoms with Crippen LogP contribution in [-0.2, 0) is 57.2 Å². The summed E-state index contributed by atoms with van der Waals surface area (Å²) in [5.41, 5.74) is 0. The molecule has 0 aromatic heterocycles. The molecule has 1 heterocycles. The number of methoxy groups -OCH3 is 1. The Bertz CT molecular complexity index is 849. The monoisotopic (exact) mass is 535 g/mol. The SMILES string of the molecule is CCSC1(C(=O)OC)C[C@H](OC(C)=O)[C@@H](NC(C)=O)[C@H]([C@H](OC(C)=O)[C@@H](COC(C)=O)OC(C)=O)O1. The minimum absolute atomic E-state index is 0.214. The van der Waals surface area contributed by atoms with Crippen molar-refractivity contribution in [2.24, 2.45) is 0 Å². The van der Waals surface area contributed by atoms with Crippen molar-refractivity contribution < 1.29 is 57.2 Å². The van der Waals surface area contributed by atoms with Gasteiger partial charge in [0, 0.05) is 41.0 Å². The number of carbonyl (C=O) groups excluding carboxylic acids is 6. The van der Waals surface area contributed by atoms with Crippen molar-refractivity contribution in [1.82, 2.24) is 5.32 Å². The number of rotatable bonds is 11. The highest BCUT2D eigenvalue weighted by Gasteiger charge is 2.58. The first-order valence-electron chi connectivity index (χ1n) is 11.1. The van der Waals surface area contributed by atoms with Crippen molar-refractivity contribution in [2.75, 3.05) is 19.5 Å². The van der Waals surface area contributed by atoms with Crippen LogP contribution in [0, 0.1) is 0 Å². The molecule has 1 N–H and O–H groups in total. The molecule has 0 aromatic rings. The van der Waals surface area contributed by atoms with Crippen LogP contribution in [0.15, 0.2) is 0 Å². The van der Waals surface area contributed by atoms with Crippen LogP contribution in [0.2, 0.25) is 0 Å². The highest BCUT2D eigenvalue weighted by atomic mass is 32.2. The van der Waals surface area contributed by atoms with Crippen LogP contribution in [0.3, 0.4) is 0 Å². The molecule has 1 fully saturated rings. The fourth-order valence-corrected chi connectivity index (χ4v) is 4.91. The summed E-state index contributed by atoms with van der Waals surface area (Å²) in [4.78, 5) is 70.7. The van der Waals surface area contributed by atoms with Gasteiger partial charge in [0.1, 0.15) is 18.8 Å². The maximum absolute atomic E-state index is 12.9. The van der Waals surface area contributed by atoms with E-state index in [1.165, 1.54) is 6.92 Å². The first-order valence-corrected chi connectivity index (χ1v) is 12.1. The van der Waals surface area contributed by atoms with Crippen LogP contribution in [0.25, 0.3) is 0 Å². The summed E-state index contributed by atoms with van der Waals surface area (Å²) in [6.07, 6.45) is -5.70. The third-order valence-electron chi connectivity index (χ3n) is 4.87. The Kier molecular flexibility index (Phi) is 12.1. The zero-order valence-corrected chi connectivity index (χ0v) is 22.1. The van der Waals surface area contributed by atoms with Gasteiger partial charge in [-0.25, -0.2) is 4.79 Å². The van der Waals surface area contributed by atoms with E-state index in [-0.39, 0.29) is 6.42 Å².